The highest BCUT2D eigenvalue weighted by molar-refractivity contribution is 7.92. The Balaban J connectivity index is 2.07. The number of aliphatic hydroxyl groups is 1. The van der Waals surface area contributed by atoms with Crippen LogP contribution in [0.3, 0.4) is 0 Å². The van der Waals surface area contributed by atoms with Gasteiger partial charge in [0.2, 0.25) is 10.0 Å². The van der Waals surface area contributed by atoms with Gasteiger partial charge in [0.25, 0.3) is 0 Å². The molecule has 2 rings (SSSR count). The topological polar surface area (TPSA) is 91.8 Å². The van der Waals surface area contributed by atoms with E-state index in [1.165, 1.54) is 4.31 Å². The minimum Gasteiger partial charge on any atom is -0.392 e. The molecule has 0 aromatic heterocycles. The lowest BCUT2D eigenvalue weighted by molar-refractivity contribution is 0.189. The first kappa shape index (κ1) is 13.3. The molecule has 1 atom stereocenters. The number of β-amino-alcohol motifs (C(OH)–C–C–N with tert-alkyl or cyclic N) is 1. The fraction of sp³-hybridized carbons (Fsp3) is 1.00. The highest BCUT2D eigenvalue weighted by atomic mass is 32.2. The molecule has 0 unspecified atom stereocenters. The summed E-state index contributed by atoms with van der Waals surface area (Å²) in [6, 6.07) is 0. The molecule has 0 aliphatic carbocycles. The minimum absolute atomic E-state index is 0.0483. The maximum atomic E-state index is 12.2. The van der Waals surface area contributed by atoms with Crippen molar-refractivity contribution in [3.63, 3.8) is 0 Å². The average molecular weight is 283 g/mol. The van der Waals surface area contributed by atoms with E-state index in [0.29, 0.717) is 13.0 Å². The van der Waals surface area contributed by atoms with Crippen molar-refractivity contribution in [1.82, 2.24) is 4.31 Å². The van der Waals surface area contributed by atoms with Crippen molar-refractivity contribution in [2.24, 2.45) is 0 Å². The van der Waals surface area contributed by atoms with Crippen LogP contribution in [0.4, 0.5) is 0 Å². The first-order valence-electron chi connectivity index (χ1n) is 5.69. The van der Waals surface area contributed by atoms with Crippen LogP contribution in [-0.2, 0) is 19.9 Å². The van der Waals surface area contributed by atoms with Crippen LogP contribution in [0.25, 0.3) is 0 Å². The van der Waals surface area contributed by atoms with Gasteiger partial charge in [-0.2, -0.15) is 4.31 Å². The molecule has 0 aromatic rings. The lowest BCUT2D eigenvalue weighted by Gasteiger charge is -2.26. The molecule has 100 valence electrons. The maximum Gasteiger partial charge on any atom is 0.217 e. The Hall–Kier alpha value is -0.180. The van der Waals surface area contributed by atoms with Gasteiger partial charge in [0, 0.05) is 13.1 Å². The summed E-state index contributed by atoms with van der Waals surface area (Å²) in [5.41, 5.74) is 0. The highest BCUT2D eigenvalue weighted by Gasteiger charge is 2.39. The summed E-state index contributed by atoms with van der Waals surface area (Å²) in [4.78, 5) is 0. The van der Waals surface area contributed by atoms with Crippen molar-refractivity contribution >= 4 is 19.9 Å². The van der Waals surface area contributed by atoms with Gasteiger partial charge in [0.15, 0.2) is 0 Å². The van der Waals surface area contributed by atoms with Gasteiger partial charge < -0.3 is 5.11 Å². The van der Waals surface area contributed by atoms with E-state index < -0.39 is 31.2 Å². The van der Waals surface area contributed by atoms with Crippen LogP contribution in [0.5, 0.6) is 0 Å². The normalized spacial score (nSPS) is 31.7. The van der Waals surface area contributed by atoms with Gasteiger partial charge in [-0.05, 0) is 19.3 Å². The SMILES string of the molecule is O=S1(=O)CCC(S(=O)(=O)N2CC[C@@H](O)C2)CC1. The summed E-state index contributed by atoms with van der Waals surface area (Å²) >= 11 is 0. The van der Waals surface area contributed by atoms with Crippen molar-refractivity contribution < 1.29 is 21.9 Å². The van der Waals surface area contributed by atoms with Gasteiger partial charge in [-0.1, -0.05) is 0 Å². The lowest BCUT2D eigenvalue weighted by Crippen LogP contribution is -2.41. The summed E-state index contributed by atoms with van der Waals surface area (Å²) in [7, 11) is -6.48. The Bertz CT molecular complexity index is 470. The van der Waals surface area contributed by atoms with Crippen molar-refractivity contribution in [3.8, 4) is 0 Å². The number of rotatable bonds is 2. The third-order valence-corrected chi connectivity index (χ3v) is 7.49. The zero-order valence-electron chi connectivity index (χ0n) is 9.45. The van der Waals surface area contributed by atoms with Gasteiger partial charge in [-0.25, -0.2) is 16.8 Å². The largest absolute Gasteiger partial charge is 0.392 e. The molecular weight excluding hydrogens is 266 g/mol. The molecule has 0 aromatic carbocycles. The summed E-state index contributed by atoms with van der Waals surface area (Å²) in [6.45, 7) is 0.484. The summed E-state index contributed by atoms with van der Waals surface area (Å²) < 4.78 is 48.1. The molecule has 2 aliphatic rings. The zero-order chi connectivity index (χ0) is 12.7. The molecule has 8 heteroatoms. The van der Waals surface area contributed by atoms with Gasteiger partial charge >= 0.3 is 0 Å². The van der Waals surface area contributed by atoms with Gasteiger partial charge in [0.1, 0.15) is 9.84 Å². The summed E-state index contributed by atoms with van der Waals surface area (Å²) in [5.74, 6) is -0.0966. The molecule has 2 aliphatic heterocycles. The second-order valence-electron chi connectivity index (χ2n) is 4.70. The quantitative estimate of drug-likeness (QED) is 0.699. The van der Waals surface area contributed by atoms with Crippen LogP contribution < -0.4 is 0 Å². The Kier molecular flexibility index (Phi) is 3.50. The maximum absolute atomic E-state index is 12.2. The molecule has 0 amide bonds. The Morgan fingerprint density at radius 1 is 1.12 bits per heavy atom. The second kappa shape index (κ2) is 4.49. The van der Waals surface area contributed by atoms with Crippen molar-refractivity contribution in [3.05, 3.63) is 0 Å². The van der Waals surface area contributed by atoms with Crippen molar-refractivity contribution in [1.29, 1.82) is 0 Å². The molecule has 1 N–H and O–H groups in total. The lowest BCUT2D eigenvalue weighted by atomic mass is 10.2. The molecule has 0 bridgehead atoms. The monoisotopic (exact) mass is 283 g/mol. The number of sulfonamides is 1. The first-order chi connectivity index (χ1) is 7.81. The van der Waals surface area contributed by atoms with Crippen LogP contribution in [0.2, 0.25) is 0 Å². The van der Waals surface area contributed by atoms with Gasteiger partial charge in [0.05, 0.1) is 22.9 Å². The van der Waals surface area contributed by atoms with E-state index in [1.54, 1.807) is 0 Å². The molecule has 0 radical (unpaired) electrons. The molecule has 6 nitrogen and oxygen atoms in total. The molecule has 2 saturated heterocycles. The van der Waals surface area contributed by atoms with Gasteiger partial charge in [-0.15, -0.1) is 0 Å². The Morgan fingerprint density at radius 2 is 1.71 bits per heavy atom. The molecule has 0 spiro atoms. The van der Waals surface area contributed by atoms with E-state index in [2.05, 4.69) is 0 Å². The smallest absolute Gasteiger partial charge is 0.217 e. The number of hydrogen-bond acceptors (Lipinski definition) is 5. The molecule has 2 heterocycles. The molecule has 17 heavy (non-hydrogen) atoms. The fourth-order valence-corrected chi connectivity index (χ4v) is 6.10. The summed E-state index contributed by atoms with van der Waals surface area (Å²) in [5, 5.41) is 8.74. The number of aliphatic hydroxyl groups excluding tert-OH is 1. The average Bonchev–Trinajstić information content (AvgIpc) is 2.65. The number of nitrogens with zero attached hydrogens (tertiary/aromatic N) is 1. The zero-order valence-corrected chi connectivity index (χ0v) is 11.1. The number of sulfone groups is 1. The van der Waals surface area contributed by atoms with Crippen LogP contribution >= 0.6 is 0 Å². The van der Waals surface area contributed by atoms with Crippen LogP contribution in [0, 0.1) is 0 Å². The predicted molar refractivity (Wildman–Crippen MR) is 62.8 cm³/mol. The van der Waals surface area contributed by atoms with Crippen LogP contribution in [-0.4, -0.2) is 62.2 Å². The molecule has 2 fully saturated rings. The Labute approximate surface area is 102 Å². The van der Waals surface area contributed by atoms with E-state index in [1.807, 2.05) is 0 Å². The van der Waals surface area contributed by atoms with E-state index in [0.717, 1.165) is 0 Å². The van der Waals surface area contributed by atoms with E-state index in [9.17, 15) is 21.9 Å². The van der Waals surface area contributed by atoms with E-state index in [-0.39, 0.29) is 30.9 Å². The van der Waals surface area contributed by atoms with E-state index >= 15 is 0 Å². The van der Waals surface area contributed by atoms with Gasteiger partial charge in [-0.3, -0.25) is 0 Å². The summed E-state index contributed by atoms with van der Waals surface area (Å²) in [6.07, 6.45) is 0.232. The van der Waals surface area contributed by atoms with Crippen molar-refractivity contribution in [2.75, 3.05) is 24.6 Å². The standard InChI is InChI=1S/C9H17NO5S2/c11-8-1-4-10(7-8)17(14,15)9-2-5-16(12,13)6-3-9/h8-9,11H,1-7H2/t8-/m1/s1. The first-order valence-corrected chi connectivity index (χ1v) is 9.01. The fourth-order valence-electron chi connectivity index (χ4n) is 2.32. The minimum atomic E-state index is -3.44. The predicted octanol–water partition coefficient (Wildman–Crippen LogP) is -1.04. The van der Waals surface area contributed by atoms with Crippen LogP contribution in [0.1, 0.15) is 19.3 Å². The third kappa shape index (κ3) is 2.81. The third-order valence-electron chi connectivity index (χ3n) is 3.41. The van der Waals surface area contributed by atoms with Crippen molar-refractivity contribution in [2.45, 2.75) is 30.6 Å². The molecule has 0 saturated carbocycles. The van der Waals surface area contributed by atoms with E-state index in [4.69, 9.17) is 0 Å². The molecular formula is C9H17NO5S2. The highest BCUT2D eigenvalue weighted by Crippen LogP contribution is 2.25. The second-order valence-corrected chi connectivity index (χ2v) is 9.21. The van der Waals surface area contributed by atoms with Crippen LogP contribution in [0.15, 0.2) is 0 Å². The number of hydrogen-bond donors (Lipinski definition) is 1. The Morgan fingerprint density at radius 3 is 2.18 bits per heavy atom.